The number of amides is 1. The first-order valence-corrected chi connectivity index (χ1v) is 8.71. The highest BCUT2D eigenvalue weighted by atomic mass is 19.3. The van der Waals surface area contributed by atoms with E-state index in [1.165, 1.54) is 38.1 Å². The van der Waals surface area contributed by atoms with E-state index in [-0.39, 0.29) is 24.3 Å². The lowest BCUT2D eigenvalue weighted by Crippen LogP contribution is -2.35. The second-order valence-electron chi connectivity index (χ2n) is 7.42. The number of rotatable bonds is 6. The first-order chi connectivity index (χ1) is 11.1. The van der Waals surface area contributed by atoms with E-state index in [0.717, 1.165) is 23.3 Å². The summed E-state index contributed by atoms with van der Waals surface area (Å²) in [6, 6.07) is 0.226. The lowest BCUT2D eigenvalue weighted by atomic mass is 9.86. The van der Waals surface area contributed by atoms with Crippen LogP contribution in [-0.4, -0.2) is 26.4 Å². The van der Waals surface area contributed by atoms with Crippen LogP contribution in [0.25, 0.3) is 0 Å². The molecular formula is C17H23F2N3O. The normalized spacial score (nSPS) is 29.4. The highest BCUT2D eigenvalue weighted by molar-refractivity contribution is 5.77. The maximum absolute atomic E-state index is 13.0. The van der Waals surface area contributed by atoms with E-state index >= 15 is 0 Å². The van der Waals surface area contributed by atoms with Crippen molar-refractivity contribution in [1.29, 1.82) is 0 Å². The van der Waals surface area contributed by atoms with E-state index in [0.29, 0.717) is 18.3 Å². The molecule has 3 atom stereocenters. The zero-order chi connectivity index (χ0) is 16.0. The number of hydrogen-bond donors (Lipinski definition) is 0. The molecule has 0 saturated heterocycles. The van der Waals surface area contributed by atoms with Gasteiger partial charge in [0.2, 0.25) is 5.91 Å². The minimum absolute atomic E-state index is 0.133. The van der Waals surface area contributed by atoms with Crippen LogP contribution in [0.4, 0.5) is 8.78 Å². The molecular weight excluding hydrogens is 300 g/mol. The molecule has 126 valence electrons. The Bertz CT molecular complexity index is 584. The molecule has 0 aliphatic heterocycles. The van der Waals surface area contributed by atoms with Gasteiger partial charge in [-0.2, -0.15) is 8.78 Å². The average molecular weight is 323 g/mol. The van der Waals surface area contributed by atoms with Gasteiger partial charge in [-0.1, -0.05) is 6.42 Å². The fraction of sp³-hybridized carbons (Fsp3) is 0.765. The summed E-state index contributed by atoms with van der Waals surface area (Å²) >= 11 is 0. The van der Waals surface area contributed by atoms with E-state index < -0.39 is 6.55 Å². The number of imidazole rings is 1. The van der Waals surface area contributed by atoms with Crippen molar-refractivity contribution in [3.05, 3.63) is 18.2 Å². The smallest absolute Gasteiger partial charge is 0.319 e. The number of hydrogen-bond acceptors (Lipinski definition) is 2. The molecule has 1 amide bonds. The summed E-state index contributed by atoms with van der Waals surface area (Å²) < 4.78 is 26.8. The Hall–Kier alpha value is -1.46. The fourth-order valence-corrected chi connectivity index (χ4v) is 4.57. The first kappa shape index (κ1) is 15.1. The van der Waals surface area contributed by atoms with Crippen molar-refractivity contribution < 1.29 is 13.6 Å². The molecule has 1 aromatic rings. The van der Waals surface area contributed by atoms with Crippen LogP contribution in [0.5, 0.6) is 0 Å². The standard InChI is InChI=1S/C17H23F2N3O/c18-17(19)21-6-5-20-15(21)10-22(14-3-4-14)16(23)9-13-8-11-1-2-12(13)7-11/h5-6,11-14,17H,1-4,7-10H2/t11-,12+,13+/m0/s1. The molecule has 4 nitrogen and oxygen atoms in total. The molecule has 4 rings (SSSR count). The predicted octanol–water partition coefficient (Wildman–Crippen LogP) is 3.60. The molecule has 1 heterocycles. The number of aromatic nitrogens is 2. The van der Waals surface area contributed by atoms with E-state index in [1.807, 2.05) is 0 Å². The quantitative estimate of drug-likeness (QED) is 0.802. The van der Waals surface area contributed by atoms with Gasteiger partial charge >= 0.3 is 6.55 Å². The molecule has 3 saturated carbocycles. The van der Waals surface area contributed by atoms with Crippen LogP contribution in [0.2, 0.25) is 0 Å². The van der Waals surface area contributed by atoms with Gasteiger partial charge in [-0.25, -0.2) is 4.98 Å². The van der Waals surface area contributed by atoms with Gasteiger partial charge in [0.15, 0.2) is 0 Å². The number of fused-ring (bicyclic) bond motifs is 2. The third kappa shape index (κ3) is 3.00. The highest BCUT2D eigenvalue weighted by Gasteiger charge is 2.42. The predicted molar refractivity (Wildman–Crippen MR) is 80.6 cm³/mol. The molecule has 23 heavy (non-hydrogen) atoms. The Morgan fingerprint density at radius 2 is 2.13 bits per heavy atom. The van der Waals surface area contributed by atoms with Gasteiger partial charge in [0.05, 0.1) is 6.54 Å². The fourth-order valence-electron chi connectivity index (χ4n) is 4.57. The minimum Gasteiger partial charge on any atom is -0.332 e. The molecule has 0 spiro atoms. The zero-order valence-corrected chi connectivity index (χ0v) is 13.2. The van der Waals surface area contributed by atoms with E-state index in [9.17, 15) is 13.6 Å². The molecule has 3 aliphatic carbocycles. The molecule has 6 heteroatoms. The van der Waals surface area contributed by atoms with Crippen LogP contribution in [0.15, 0.2) is 12.4 Å². The monoisotopic (exact) mass is 323 g/mol. The van der Waals surface area contributed by atoms with Crippen molar-refractivity contribution in [3.8, 4) is 0 Å². The Morgan fingerprint density at radius 3 is 2.74 bits per heavy atom. The van der Waals surface area contributed by atoms with Crippen LogP contribution in [-0.2, 0) is 11.3 Å². The van der Waals surface area contributed by atoms with Crippen molar-refractivity contribution in [2.75, 3.05) is 0 Å². The molecule has 0 N–H and O–H groups in total. The van der Waals surface area contributed by atoms with Crippen molar-refractivity contribution in [3.63, 3.8) is 0 Å². The topological polar surface area (TPSA) is 38.1 Å². The number of nitrogens with zero attached hydrogens (tertiary/aromatic N) is 3. The maximum atomic E-state index is 13.0. The summed E-state index contributed by atoms with van der Waals surface area (Å²) in [6.07, 6.45) is 10.3. The third-order valence-electron chi connectivity index (χ3n) is 5.90. The molecule has 0 aromatic carbocycles. The van der Waals surface area contributed by atoms with E-state index in [4.69, 9.17) is 0 Å². The summed E-state index contributed by atoms with van der Waals surface area (Å²) in [6.45, 7) is -2.39. The second kappa shape index (κ2) is 5.87. The Balaban J connectivity index is 1.43. The molecule has 0 radical (unpaired) electrons. The van der Waals surface area contributed by atoms with Gasteiger partial charge in [0.25, 0.3) is 0 Å². The highest BCUT2D eigenvalue weighted by Crippen LogP contribution is 2.49. The van der Waals surface area contributed by atoms with Crippen LogP contribution in [0.3, 0.4) is 0 Å². The number of halogens is 2. The van der Waals surface area contributed by atoms with Crippen LogP contribution in [0.1, 0.15) is 57.3 Å². The average Bonchev–Trinajstić information content (AvgIpc) is 2.95. The lowest BCUT2D eigenvalue weighted by Gasteiger charge is -2.27. The van der Waals surface area contributed by atoms with Gasteiger partial charge < -0.3 is 4.90 Å². The van der Waals surface area contributed by atoms with E-state index in [2.05, 4.69) is 4.98 Å². The van der Waals surface area contributed by atoms with Crippen LogP contribution >= 0.6 is 0 Å². The summed E-state index contributed by atoms with van der Waals surface area (Å²) in [5.41, 5.74) is 0. The number of carbonyl (C=O) groups excluding carboxylic acids is 1. The van der Waals surface area contributed by atoms with Gasteiger partial charge in [-0.15, -0.1) is 0 Å². The number of alkyl halides is 2. The van der Waals surface area contributed by atoms with E-state index in [1.54, 1.807) is 4.90 Å². The Labute approximate surface area is 134 Å². The second-order valence-corrected chi connectivity index (χ2v) is 7.42. The van der Waals surface area contributed by atoms with Crippen molar-refractivity contribution in [1.82, 2.24) is 14.5 Å². The molecule has 3 aliphatic rings. The third-order valence-corrected chi connectivity index (χ3v) is 5.90. The number of carbonyl (C=O) groups is 1. The van der Waals surface area contributed by atoms with Gasteiger partial charge in [0.1, 0.15) is 5.82 Å². The molecule has 3 fully saturated rings. The van der Waals surface area contributed by atoms with Crippen molar-refractivity contribution >= 4 is 5.91 Å². The molecule has 1 aromatic heterocycles. The van der Waals surface area contributed by atoms with Gasteiger partial charge in [0, 0.05) is 24.9 Å². The zero-order valence-electron chi connectivity index (χ0n) is 13.2. The van der Waals surface area contributed by atoms with Gasteiger partial charge in [-0.3, -0.25) is 9.36 Å². The molecule has 0 unspecified atom stereocenters. The van der Waals surface area contributed by atoms with Crippen molar-refractivity contribution in [2.24, 2.45) is 17.8 Å². The summed E-state index contributed by atoms with van der Waals surface area (Å²) in [5, 5.41) is 0. The van der Waals surface area contributed by atoms with Crippen LogP contribution in [0, 0.1) is 17.8 Å². The largest absolute Gasteiger partial charge is 0.332 e. The molecule has 2 bridgehead atoms. The Kier molecular flexibility index (Phi) is 3.85. The minimum atomic E-state index is -2.60. The summed E-state index contributed by atoms with van der Waals surface area (Å²) in [7, 11) is 0. The lowest BCUT2D eigenvalue weighted by molar-refractivity contribution is -0.134. The maximum Gasteiger partial charge on any atom is 0.319 e. The van der Waals surface area contributed by atoms with Crippen LogP contribution < -0.4 is 0 Å². The Morgan fingerprint density at radius 1 is 1.30 bits per heavy atom. The van der Waals surface area contributed by atoms with Crippen molar-refractivity contribution in [2.45, 2.75) is 64.1 Å². The summed E-state index contributed by atoms with van der Waals surface area (Å²) in [5.74, 6) is 2.47. The first-order valence-electron chi connectivity index (χ1n) is 8.71. The SMILES string of the molecule is O=C(C[C@H]1C[C@H]2CC[C@@H]1C2)N(Cc1nccn1C(F)F)C1CC1. The van der Waals surface area contributed by atoms with Gasteiger partial charge in [-0.05, 0) is 49.9 Å². The summed E-state index contributed by atoms with van der Waals surface area (Å²) in [4.78, 5) is 18.6.